The van der Waals surface area contributed by atoms with E-state index in [1.807, 2.05) is 12.1 Å². The zero-order chi connectivity index (χ0) is 24.2. The minimum absolute atomic E-state index is 0.183. The summed E-state index contributed by atoms with van der Waals surface area (Å²) in [6.07, 6.45) is 1.61. The average molecular weight is 556 g/mol. The number of para-hydroxylation sites is 1. The van der Waals surface area contributed by atoms with Crippen molar-refractivity contribution in [3.05, 3.63) is 91.8 Å². The Labute approximate surface area is 213 Å². The van der Waals surface area contributed by atoms with Gasteiger partial charge in [0, 0.05) is 10.0 Å². The first-order valence-corrected chi connectivity index (χ1v) is 11.9. The van der Waals surface area contributed by atoms with E-state index < -0.39 is 11.1 Å². The summed E-state index contributed by atoms with van der Waals surface area (Å²) in [7, 11) is 1.51. The number of halogens is 2. The molecule has 170 valence electrons. The molecule has 1 fully saturated rings. The average Bonchev–Trinajstić information content (AvgIpc) is 3.12. The van der Waals surface area contributed by atoms with Crippen LogP contribution in [0.1, 0.15) is 16.7 Å². The lowest BCUT2D eigenvalue weighted by Crippen LogP contribution is -2.27. The normalized spacial score (nSPS) is 14.4. The van der Waals surface area contributed by atoms with Crippen molar-refractivity contribution < 1.29 is 19.1 Å². The number of carbonyl (C=O) groups excluding carboxylic acids is 2. The molecule has 0 spiro atoms. The number of imide groups is 1. The predicted molar refractivity (Wildman–Crippen MR) is 136 cm³/mol. The fourth-order valence-corrected chi connectivity index (χ4v) is 4.78. The highest BCUT2D eigenvalue weighted by Gasteiger charge is 2.37. The lowest BCUT2D eigenvalue weighted by Gasteiger charge is -2.14. The molecule has 3 aromatic carbocycles. The van der Waals surface area contributed by atoms with Crippen molar-refractivity contribution in [1.82, 2.24) is 0 Å². The number of thioether (sulfide) groups is 1. The number of anilines is 1. The molecule has 1 saturated heterocycles. The van der Waals surface area contributed by atoms with Crippen LogP contribution in [-0.4, -0.2) is 18.3 Å². The van der Waals surface area contributed by atoms with Crippen molar-refractivity contribution >= 4 is 62.2 Å². The Morgan fingerprint density at radius 2 is 1.85 bits per heavy atom. The van der Waals surface area contributed by atoms with E-state index >= 15 is 0 Å². The molecule has 0 atom stereocenters. The van der Waals surface area contributed by atoms with Crippen LogP contribution < -0.4 is 14.4 Å². The third-order valence-electron chi connectivity index (χ3n) is 4.98. The smallest absolute Gasteiger partial charge is 0.298 e. The third kappa shape index (κ3) is 4.82. The minimum Gasteiger partial charge on any atom is -0.493 e. The summed E-state index contributed by atoms with van der Waals surface area (Å²) in [6.45, 7) is 0.183. The highest BCUT2D eigenvalue weighted by atomic mass is 79.9. The van der Waals surface area contributed by atoms with Crippen LogP contribution in [0.2, 0.25) is 5.02 Å². The van der Waals surface area contributed by atoms with Crippen molar-refractivity contribution in [3.8, 4) is 17.6 Å². The van der Waals surface area contributed by atoms with Crippen LogP contribution in [0.3, 0.4) is 0 Å². The molecule has 34 heavy (non-hydrogen) atoms. The molecule has 0 N–H and O–H groups in total. The second-order valence-corrected chi connectivity index (χ2v) is 9.31. The minimum atomic E-state index is -0.456. The van der Waals surface area contributed by atoms with Crippen LogP contribution in [0.4, 0.5) is 10.5 Å². The number of hydrogen-bond donors (Lipinski definition) is 0. The van der Waals surface area contributed by atoms with Gasteiger partial charge in [-0.15, -0.1) is 0 Å². The monoisotopic (exact) mass is 554 g/mol. The van der Waals surface area contributed by atoms with E-state index in [0.717, 1.165) is 22.2 Å². The van der Waals surface area contributed by atoms with Crippen molar-refractivity contribution in [3.63, 3.8) is 0 Å². The van der Waals surface area contributed by atoms with E-state index in [9.17, 15) is 14.9 Å². The van der Waals surface area contributed by atoms with Gasteiger partial charge in [0.25, 0.3) is 11.1 Å². The third-order valence-corrected chi connectivity index (χ3v) is 6.85. The van der Waals surface area contributed by atoms with Crippen LogP contribution in [0.5, 0.6) is 11.5 Å². The molecule has 3 aromatic rings. The van der Waals surface area contributed by atoms with Gasteiger partial charge in [0.2, 0.25) is 0 Å². The molecule has 4 rings (SSSR count). The molecule has 1 aliphatic heterocycles. The molecule has 0 saturated carbocycles. The van der Waals surface area contributed by atoms with Crippen LogP contribution in [-0.2, 0) is 11.4 Å². The molecule has 1 heterocycles. The maximum Gasteiger partial charge on any atom is 0.298 e. The SMILES string of the molecule is COc1cc(/C=C2\SC(=O)N(c3ccccc3Cl)C2=O)c(Br)cc1OCc1ccccc1C#N. The van der Waals surface area contributed by atoms with Crippen molar-refractivity contribution in [2.45, 2.75) is 6.61 Å². The Bertz CT molecular complexity index is 1370. The van der Waals surface area contributed by atoms with Gasteiger partial charge in [-0.05, 0) is 53.7 Å². The molecule has 0 unspecified atom stereocenters. The Morgan fingerprint density at radius 3 is 2.59 bits per heavy atom. The van der Waals surface area contributed by atoms with Gasteiger partial charge in [-0.2, -0.15) is 5.26 Å². The molecule has 0 radical (unpaired) electrons. The lowest BCUT2D eigenvalue weighted by atomic mass is 10.1. The Morgan fingerprint density at radius 1 is 1.12 bits per heavy atom. The first-order valence-electron chi connectivity index (χ1n) is 9.93. The van der Waals surface area contributed by atoms with Gasteiger partial charge in [0.1, 0.15) is 6.61 Å². The Hall–Kier alpha value is -3.25. The Kier molecular flexibility index (Phi) is 7.27. The highest BCUT2D eigenvalue weighted by Crippen LogP contribution is 2.41. The summed E-state index contributed by atoms with van der Waals surface area (Å²) in [5.41, 5.74) is 2.26. The standard InChI is InChI=1S/C25H16BrClN2O4S/c1-32-21-10-17(18(26)12-22(21)33-14-16-7-3-2-6-15(16)13-28)11-23-24(30)29(25(31)34-23)20-9-5-4-8-19(20)27/h2-12H,14H2,1H3/b23-11-. The summed E-state index contributed by atoms with van der Waals surface area (Å²) in [5.74, 6) is 0.445. The number of rotatable bonds is 6. The molecule has 2 amide bonds. The summed E-state index contributed by atoms with van der Waals surface area (Å²) in [4.78, 5) is 26.9. The van der Waals surface area contributed by atoms with E-state index in [1.165, 1.54) is 7.11 Å². The van der Waals surface area contributed by atoms with Gasteiger partial charge in [0.15, 0.2) is 11.5 Å². The largest absolute Gasteiger partial charge is 0.493 e. The van der Waals surface area contributed by atoms with Gasteiger partial charge in [-0.3, -0.25) is 9.59 Å². The molecule has 0 bridgehead atoms. The van der Waals surface area contributed by atoms with Crippen LogP contribution >= 0.6 is 39.3 Å². The summed E-state index contributed by atoms with van der Waals surface area (Å²) in [6, 6.07) is 19.4. The number of carbonyl (C=O) groups is 2. The molecule has 9 heteroatoms. The first kappa shape index (κ1) is 23.9. The number of amides is 2. The van der Waals surface area contributed by atoms with Gasteiger partial charge in [0.05, 0.1) is 34.4 Å². The topological polar surface area (TPSA) is 79.6 Å². The number of benzene rings is 3. The fraction of sp³-hybridized carbons (Fsp3) is 0.0800. The van der Waals surface area contributed by atoms with Gasteiger partial charge in [-0.25, -0.2) is 4.90 Å². The summed E-state index contributed by atoms with van der Waals surface area (Å²) < 4.78 is 12.0. The highest BCUT2D eigenvalue weighted by molar-refractivity contribution is 9.10. The second kappa shape index (κ2) is 10.3. The van der Waals surface area contributed by atoms with Gasteiger partial charge < -0.3 is 9.47 Å². The van der Waals surface area contributed by atoms with Crippen LogP contribution in [0, 0.1) is 11.3 Å². The first-order chi connectivity index (χ1) is 16.4. The van der Waals surface area contributed by atoms with E-state index in [4.69, 9.17) is 21.1 Å². The van der Waals surface area contributed by atoms with Crippen molar-refractivity contribution in [2.24, 2.45) is 0 Å². The zero-order valence-electron chi connectivity index (χ0n) is 17.7. The van der Waals surface area contributed by atoms with Crippen molar-refractivity contribution in [2.75, 3.05) is 12.0 Å². The second-order valence-electron chi connectivity index (χ2n) is 7.05. The number of nitrogens with zero attached hydrogens (tertiary/aromatic N) is 2. The molecule has 1 aliphatic rings. The van der Waals surface area contributed by atoms with Crippen LogP contribution in [0.25, 0.3) is 6.08 Å². The maximum atomic E-state index is 13.0. The molecular formula is C25H16BrClN2O4S. The molecule has 0 aliphatic carbocycles. The molecular weight excluding hydrogens is 540 g/mol. The Balaban J connectivity index is 1.61. The zero-order valence-corrected chi connectivity index (χ0v) is 20.9. The van der Waals surface area contributed by atoms with E-state index in [1.54, 1.807) is 54.6 Å². The maximum absolute atomic E-state index is 13.0. The number of nitriles is 1. The van der Waals surface area contributed by atoms with E-state index in [0.29, 0.717) is 37.8 Å². The molecule has 6 nitrogen and oxygen atoms in total. The van der Waals surface area contributed by atoms with Crippen molar-refractivity contribution in [1.29, 1.82) is 5.26 Å². The summed E-state index contributed by atoms with van der Waals surface area (Å²) >= 11 is 10.5. The van der Waals surface area contributed by atoms with E-state index in [2.05, 4.69) is 22.0 Å². The van der Waals surface area contributed by atoms with E-state index in [-0.39, 0.29) is 11.5 Å². The number of ether oxygens (including phenoxy) is 2. The predicted octanol–water partition coefficient (Wildman–Crippen LogP) is 6.80. The van der Waals surface area contributed by atoms with Gasteiger partial charge in [-0.1, -0.05) is 57.9 Å². The molecule has 0 aromatic heterocycles. The van der Waals surface area contributed by atoms with Crippen LogP contribution in [0.15, 0.2) is 70.0 Å². The quantitative estimate of drug-likeness (QED) is 0.311. The fourth-order valence-electron chi connectivity index (χ4n) is 3.29. The number of hydrogen-bond acceptors (Lipinski definition) is 6. The number of methoxy groups -OCH3 is 1. The van der Waals surface area contributed by atoms with Gasteiger partial charge >= 0.3 is 0 Å². The lowest BCUT2D eigenvalue weighted by molar-refractivity contribution is -0.113. The summed E-state index contributed by atoms with van der Waals surface area (Å²) in [5, 5.41) is 9.16.